The molecule has 4 rings (SSSR count). The molecule has 1 aliphatic heterocycles. The van der Waals surface area contributed by atoms with Crippen molar-refractivity contribution in [3.63, 3.8) is 0 Å². The van der Waals surface area contributed by atoms with Gasteiger partial charge in [-0.1, -0.05) is 23.5 Å². The van der Waals surface area contributed by atoms with Gasteiger partial charge in [-0.25, -0.2) is 0 Å². The molecule has 0 fully saturated rings. The van der Waals surface area contributed by atoms with Crippen LogP contribution in [0.3, 0.4) is 0 Å². The van der Waals surface area contributed by atoms with Crippen LogP contribution >= 0.6 is 11.3 Å². The van der Waals surface area contributed by atoms with E-state index in [9.17, 15) is 14.4 Å². The summed E-state index contributed by atoms with van der Waals surface area (Å²) in [4.78, 5) is 40.4. The topological polar surface area (TPSA) is 95.5 Å². The Bertz CT molecular complexity index is 1070. The van der Waals surface area contributed by atoms with Gasteiger partial charge in [0.05, 0.1) is 17.7 Å². The monoisotopic (exact) mass is 407 g/mol. The third kappa shape index (κ3) is 3.59. The lowest BCUT2D eigenvalue weighted by molar-refractivity contribution is 0.0641. The molecule has 2 heterocycles. The molecule has 1 N–H and O–H groups in total. The number of nitrogens with one attached hydrogen (secondary N) is 1. The van der Waals surface area contributed by atoms with Crippen LogP contribution in [0, 0.1) is 0 Å². The van der Waals surface area contributed by atoms with E-state index in [0.29, 0.717) is 26.8 Å². The van der Waals surface area contributed by atoms with Crippen molar-refractivity contribution in [2.75, 3.05) is 24.3 Å². The molecule has 0 atom stereocenters. The molecular weight excluding hydrogens is 390 g/mol. The van der Waals surface area contributed by atoms with Crippen LogP contribution in [0.15, 0.2) is 48.5 Å². The Labute approximate surface area is 170 Å². The highest BCUT2D eigenvalue weighted by molar-refractivity contribution is 7.15. The summed E-state index contributed by atoms with van der Waals surface area (Å²) in [6, 6.07) is 13.8. The van der Waals surface area contributed by atoms with E-state index in [1.54, 1.807) is 36.4 Å². The molecule has 0 aliphatic carbocycles. The summed E-state index contributed by atoms with van der Waals surface area (Å²) in [7, 11) is 3.85. The van der Waals surface area contributed by atoms with Crippen molar-refractivity contribution in [1.29, 1.82) is 0 Å². The zero-order valence-electron chi connectivity index (χ0n) is 15.7. The van der Waals surface area contributed by atoms with Crippen LogP contribution < -0.4 is 10.2 Å². The Morgan fingerprint density at radius 1 is 1.00 bits per heavy atom. The van der Waals surface area contributed by atoms with Gasteiger partial charge >= 0.3 is 0 Å². The second-order valence-electron chi connectivity index (χ2n) is 6.64. The Kier molecular flexibility index (Phi) is 4.81. The molecule has 8 nitrogen and oxygen atoms in total. The van der Waals surface area contributed by atoms with E-state index in [0.717, 1.165) is 21.9 Å². The number of hydrogen-bond donors (Lipinski definition) is 1. The Morgan fingerprint density at radius 2 is 1.62 bits per heavy atom. The molecule has 1 aliphatic rings. The highest BCUT2D eigenvalue weighted by Gasteiger charge is 2.35. The lowest BCUT2D eigenvalue weighted by atomic mass is 10.1. The maximum absolute atomic E-state index is 12.4. The second kappa shape index (κ2) is 7.44. The van der Waals surface area contributed by atoms with Crippen LogP contribution in [0.1, 0.15) is 36.1 Å². The van der Waals surface area contributed by atoms with E-state index in [4.69, 9.17) is 0 Å². The van der Waals surface area contributed by atoms with Crippen LogP contribution in [0.4, 0.5) is 10.8 Å². The summed E-state index contributed by atoms with van der Waals surface area (Å²) in [5.41, 5.74) is 2.25. The number of aromatic nitrogens is 2. The molecule has 2 aromatic carbocycles. The van der Waals surface area contributed by atoms with Gasteiger partial charge in [-0.05, 0) is 36.4 Å². The Morgan fingerprint density at radius 3 is 2.21 bits per heavy atom. The lowest BCUT2D eigenvalue weighted by Gasteiger charge is -2.12. The van der Waals surface area contributed by atoms with Crippen molar-refractivity contribution in [3.05, 3.63) is 70.2 Å². The SMILES string of the molecule is CN(C)c1ccc(C(=O)Nc2nnc(CN3C(=O)c4ccccc4C3=O)s2)cc1. The maximum Gasteiger partial charge on any atom is 0.261 e. The van der Waals surface area contributed by atoms with Crippen LogP contribution in [0.2, 0.25) is 0 Å². The third-order valence-electron chi connectivity index (χ3n) is 4.50. The summed E-state index contributed by atoms with van der Waals surface area (Å²) in [5.74, 6) is -1.02. The van der Waals surface area contributed by atoms with E-state index in [1.165, 1.54) is 0 Å². The molecule has 3 aromatic rings. The quantitative estimate of drug-likeness (QED) is 0.654. The largest absolute Gasteiger partial charge is 0.378 e. The molecule has 9 heteroatoms. The molecule has 0 saturated heterocycles. The highest BCUT2D eigenvalue weighted by Crippen LogP contribution is 2.26. The minimum absolute atomic E-state index is 0.0113. The number of hydrogen-bond acceptors (Lipinski definition) is 7. The van der Waals surface area contributed by atoms with Crippen molar-refractivity contribution in [2.24, 2.45) is 0 Å². The first-order valence-electron chi connectivity index (χ1n) is 8.80. The standard InChI is InChI=1S/C20H17N5O3S/c1-24(2)13-9-7-12(8-10-13)17(26)21-20-23-22-16(29-20)11-25-18(27)14-5-3-4-6-15(14)19(25)28/h3-10H,11H2,1-2H3,(H,21,23,26). The van der Waals surface area contributed by atoms with Gasteiger partial charge in [0.2, 0.25) is 5.13 Å². The van der Waals surface area contributed by atoms with Gasteiger partial charge in [0, 0.05) is 25.3 Å². The molecular formula is C20H17N5O3S. The van der Waals surface area contributed by atoms with E-state index >= 15 is 0 Å². The molecule has 0 spiro atoms. The van der Waals surface area contributed by atoms with Crippen molar-refractivity contribution in [1.82, 2.24) is 15.1 Å². The van der Waals surface area contributed by atoms with Crippen LogP contribution in [0.25, 0.3) is 0 Å². The fourth-order valence-corrected chi connectivity index (χ4v) is 3.69. The summed E-state index contributed by atoms with van der Waals surface area (Å²) < 4.78 is 0. The van der Waals surface area contributed by atoms with Crippen LogP contribution in [0.5, 0.6) is 0 Å². The number of amides is 3. The van der Waals surface area contributed by atoms with Gasteiger partial charge in [0.15, 0.2) is 0 Å². The summed E-state index contributed by atoms with van der Waals surface area (Å²) >= 11 is 1.13. The Hall–Kier alpha value is -3.59. The predicted octanol–water partition coefficient (Wildman–Crippen LogP) is 2.65. The first-order chi connectivity index (χ1) is 13.9. The van der Waals surface area contributed by atoms with Gasteiger partial charge in [0.1, 0.15) is 5.01 Å². The minimum atomic E-state index is -0.354. The zero-order valence-corrected chi connectivity index (χ0v) is 16.6. The van der Waals surface area contributed by atoms with Gasteiger partial charge < -0.3 is 4.90 Å². The predicted molar refractivity (Wildman–Crippen MR) is 109 cm³/mol. The van der Waals surface area contributed by atoms with Crippen molar-refractivity contribution < 1.29 is 14.4 Å². The van der Waals surface area contributed by atoms with Crippen molar-refractivity contribution in [3.8, 4) is 0 Å². The van der Waals surface area contributed by atoms with Crippen LogP contribution in [-0.4, -0.2) is 46.9 Å². The first-order valence-corrected chi connectivity index (χ1v) is 9.62. The van der Waals surface area contributed by atoms with Crippen LogP contribution in [-0.2, 0) is 6.54 Å². The minimum Gasteiger partial charge on any atom is -0.378 e. The molecule has 0 saturated carbocycles. The number of anilines is 2. The number of imide groups is 1. The number of fused-ring (bicyclic) bond motifs is 1. The average Bonchev–Trinajstić information content (AvgIpc) is 3.26. The molecule has 0 unspecified atom stereocenters. The first kappa shape index (κ1) is 18.8. The fraction of sp³-hybridized carbons (Fsp3) is 0.150. The van der Waals surface area contributed by atoms with Gasteiger partial charge in [-0.2, -0.15) is 0 Å². The maximum atomic E-state index is 12.4. The van der Waals surface area contributed by atoms with E-state index in [-0.39, 0.29) is 24.3 Å². The smallest absolute Gasteiger partial charge is 0.261 e. The highest BCUT2D eigenvalue weighted by atomic mass is 32.1. The van der Waals surface area contributed by atoms with E-state index in [2.05, 4.69) is 15.5 Å². The van der Waals surface area contributed by atoms with E-state index < -0.39 is 0 Å². The van der Waals surface area contributed by atoms with Crippen molar-refractivity contribution >= 4 is 39.9 Å². The second-order valence-corrected chi connectivity index (χ2v) is 7.70. The summed E-state index contributed by atoms with van der Waals surface area (Å²) in [5, 5.41) is 11.4. The normalized spacial score (nSPS) is 12.8. The number of carbonyl (C=O) groups excluding carboxylic acids is 3. The third-order valence-corrected chi connectivity index (χ3v) is 5.33. The van der Waals surface area contributed by atoms with Gasteiger partial charge in [-0.3, -0.25) is 24.6 Å². The number of carbonyl (C=O) groups is 3. The zero-order chi connectivity index (χ0) is 20.5. The molecule has 29 heavy (non-hydrogen) atoms. The fourth-order valence-electron chi connectivity index (χ4n) is 2.97. The average molecular weight is 407 g/mol. The number of benzene rings is 2. The molecule has 0 bridgehead atoms. The van der Waals surface area contributed by atoms with Crippen molar-refractivity contribution in [2.45, 2.75) is 6.54 Å². The lowest BCUT2D eigenvalue weighted by Crippen LogP contribution is -2.29. The summed E-state index contributed by atoms with van der Waals surface area (Å²) in [6.45, 7) is 0.0113. The molecule has 146 valence electrons. The number of nitrogens with zero attached hydrogens (tertiary/aromatic N) is 4. The number of rotatable bonds is 5. The molecule has 3 amide bonds. The summed E-state index contributed by atoms with van der Waals surface area (Å²) in [6.07, 6.45) is 0. The van der Waals surface area contributed by atoms with E-state index in [1.807, 2.05) is 31.1 Å². The van der Waals surface area contributed by atoms with Gasteiger partial charge in [0.25, 0.3) is 17.7 Å². The molecule has 0 radical (unpaired) electrons. The van der Waals surface area contributed by atoms with Gasteiger partial charge in [-0.15, -0.1) is 10.2 Å². The molecule has 1 aromatic heterocycles. The Balaban J connectivity index is 1.43.